The molecule has 1 atom stereocenters. The standard InChI is InChI=1S/C20H29N5O/c1-15-16(2)23-25(17(15)3)14-20(26)22-13-19(18-8-7-9-21-12-18)24-10-5-4-6-11-24/h7-9,12,19H,4-6,10-11,13-14H2,1-3H3,(H,22,26)/t19-/m0/s1. The highest BCUT2D eigenvalue weighted by Crippen LogP contribution is 2.23. The van der Waals surface area contributed by atoms with E-state index in [9.17, 15) is 4.79 Å². The molecule has 1 aliphatic heterocycles. The molecule has 1 aliphatic rings. The van der Waals surface area contributed by atoms with Crippen LogP contribution in [0.15, 0.2) is 24.5 Å². The molecule has 0 radical (unpaired) electrons. The fraction of sp³-hybridized carbons (Fsp3) is 0.550. The Kier molecular flexibility index (Phi) is 6.04. The number of likely N-dealkylation sites (tertiary alicyclic amines) is 1. The number of amides is 1. The van der Waals surface area contributed by atoms with Gasteiger partial charge in [0.1, 0.15) is 6.54 Å². The van der Waals surface area contributed by atoms with E-state index in [2.05, 4.69) is 26.4 Å². The van der Waals surface area contributed by atoms with Gasteiger partial charge in [-0.1, -0.05) is 12.5 Å². The maximum atomic E-state index is 12.5. The fourth-order valence-corrected chi connectivity index (χ4v) is 3.60. The smallest absolute Gasteiger partial charge is 0.241 e. The van der Waals surface area contributed by atoms with Crippen LogP contribution in [0.3, 0.4) is 0 Å². The first-order valence-electron chi connectivity index (χ1n) is 9.47. The quantitative estimate of drug-likeness (QED) is 0.865. The highest BCUT2D eigenvalue weighted by Gasteiger charge is 2.23. The van der Waals surface area contributed by atoms with E-state index in [4.69, 9.17) is 0 Å². The Morgan fingerprint density at radius 3 is 2.62 bits per heavy atom. The molecule has 1 amide bonds. The molecule has 1 fully saturated rings. The molecule has 140 valence electrons. The SMILES string of the molecule is Cc1nn(CC(=O)NC[C@@H](c2cccnc2)N2CCCCC2)c(C)c1C. The van der Waals surface area contributed by atoms with Crippen molar-refractivity contribution in [1.29, 1.82) is 0 Å². The van der Waals surface area contributed by atoms with E-state index < -0.39 is 0 Å². The normalized spacial score (nSPS) is 16.4. The van der Waals surface area contributed by atoms with Crippen molar-refractivity contribution < 1.29 is 4.79 Å². The summed E-state index contributed by atoms with van der Waals surface area (Å²) in [7, 11) is 0. The third-order valence-corrected chi connectivity index (χ3v) is 5.43. The lowest BCUT2D eigenvalue weighted by Gasteiger charge is -2.34. The Labute approximate surface area is 155 Å². The van der Waals surface area contributed by atoms with E-state index in [1.54, 1.807) is 10.9 Å². The van der Waals surface area contributed by atoms with Crippen molar-refractivity contribution in [3.05, 3.63) is 47.0 Å². The predicted octanol–water partition coefficient (Wildman–Crippen LogP) is 2.55. The van der Waals surface area contributed by atoms with E-state index >= 15 is 0 Å². The summed E-state index contributed by atoms with van der Waals surface area (Å²) in [6, 6.07) is 4.24. The number of hydrogen-bond donors (Lipinski definition) is 1. The van der Waals surface area contributed by atoms with E-state index in [0.717, 1.165) is 35.6 Å². The molecule has 1 N–H and O–H groups in total. The third-order valence-electron chi connectivity index (χ3n) is 5.43. The largest absolute Gasteiger partial charge is 0.353 e. The van der Waals surface area contributed by atoms with Crippen LogP contribution in [0, 0.1) is 20.8 Å². The molecular weight excluding hydrogens is 326 g/mol. The molecule has 26 heavy (non-hydrogen) atoms. The summed E-state index contributed by atoms with van der Waals surface area (Å²) in [5, 5.41) is 7.57. The average molecular weight is 355 g/mol. The summed E-state index contributed by atoms with van der Waals surface area (Å²) in [5.41, 5.74) is 4.35. The van der Waals surface area contributed by atoms with Crippen LogP contribution < -0.4 is 5.32 Å². The molecule has 1 saturated heterocycles. The van der Waals surface area contributed by atoms with Gasteiger partial charge in [-0.3, -0.25) is 19.4 Å². The first kappa shape index (κ1) is 18.6. The first-order valence-corrected chi connectivity index (χ1v) is 9.47. The molecule has 2 aromatic rings. The van der Waals surface area contributed by atoms with Gasteiger partial charge in [-0.2, -0.15) is 5.10 Å². The minimum atomic E-state index is 0.00139. The molecule has 3 heterocycles. The second-order valence-electron chi connectivity index (χ2n) is 7.16. The van der Waals surface area contributed by atoms with Crippen molar-refractivity contribution in [3.63, 3.8) is 0 Å². The van der Waals surface area contributed by atoms with Gasteiger partial charge in [0.2, 0.25) is 5.91 Å². The van der Waals surface area contributed by atoms with Crippen LogP contribution in [-0.4, -0.2) is 45.2 Å². The van der Waals surface area contributed by atoms with Crippen molar-refractivity contribution in [2.75, 3.05) is 19.6 Å². The van der Waals surface area contributed by atoms with Crippen LogP contribution >= 0.6 is 0 Å². The Morgan fingerprint density at radius 1 is 1.23 bits per heavy atom. The number of piperidine rings is 1. The topological polar surface area (TPSA) is 63.1 Å². The summed E-state index contributed by atoms with van der Waals surface area (Å²) in [4.78, 5) is 19.2. The maximum absolute atomic E-state index is 12.5. The summed E-state index contributed by atoms with van der Waals surface area (Å²) in [6.45, 7) is 9.04. The number of carbonyl (C=O) groups is 1. The van der Waals surface area contributed by atoms with E-state index in [0.29, 0.717) is 6.54 Å². The molecule has 3 rings (SSSR count). The van der Waals surface area contributed by atoms with Crippen LogP contribution in [0.4, 0.5) is 0 Å². The van der Waals surface area contributed by atoms with Crippen molar-refractivity contribution in [3.8, 4) is 0 Å². The van der Waals surface area contributed by atoms with Gasteiger partial charge in [-0.15, -0.1) is 0 Å². The monoisotopic (exact) mass is 355 g/mol. The molecule has 0 spiro atoms. The molecule has 0 aromatic carbocycles. The van der Waals surface area contributed by atoms with Crippen molar-refractivity contribution in [1.82, 2.24) is 25.0 Å². The number of rotatable bonds is 6. The maximum Gasteiger partial charge on any atom is 0.241 e. The van der Waals surface area contributed by atoms with Crippen LogP contribution in [0.2, 0.25) is 0 Å². The molecule has 0 bridgehead atoms. The zero-order valence-corrected chi connectivity index (χ0v) is 16.0. The van der Waals surface area contributed by atoms with E-state index in [1.165, 1.54) is 19.3 Å². The molecule has 6 heteroatoms. The fourth-order valence-electron chi connectivity index (χ4n) is 3.60. The van der Waals surface area contributed by atoms with Crippen LogP contribution in [0.1, 0.15) is 47.8 Å². The highest BCUT2D eigenvalue weighted by atomic mass is 16.2. The zero-order valence-electron chi connectivity index (χ0n) is 16.0. The van der Waals surface area contributed by atoms with Gasteiger partial charge in [-0.05, 0) is 63.9 Å². The van der Waals surface area contributed by atoms with Gasteiger partial charge in [0.25, 0.3) is 0 Å². The van der Waals surface area contributed by atoms with Gasteiger partial charge >= 0.3 is 0 Å². The lowest BCUT2D eigenvalue weighted by atomic mass is 10.0. The van der Waals surface area contributed by atoms with Crippen LogP contribution in [0.25, 0.3) is 0 Å². The molecule has 6 nitrogen and oxygen atoms in total. The Balaban J connectivity index is 1.65. The third kappa shape index (κ3) is 4.30. The zero-order chi connectivity index (χ0) is 18.5. The molecular formula is C20H29N5O. The summed E-state index contributed by atoms with van der Waals surface area (Å²) in [5.74, 6) is 0.00139. The van der Waals surface area contributed by atoms with Crippen molar-refractivity contribution >= 4 is 5.91 Å². The number of nitrogens with zero attached hydrogens (tertiary/aromatic N) is 4. The lowest BCUT2D eigenvalue weighted by molar-refractivity contribution is -0.122. The Bertz CT molecular complexity index is 734. The number of aromatic nitrogens is 3. The Hall–Kier alpha value is -2.21. The molecule has 2 aromatic heterocycles. The van der Waals surface area contributed by atoms with Gasteiger partial charge in [0.05, 0.1) is 11.7 Å². The van der Waals surface area contributed by atoms with E-state index in [1.807, 2.05) is 33.0 Å². The number of carbonyl (C=O) groups excluding carboxylic acids is 1. The van der Waals surface area contributed by atoms with E-state index in [-0.39, 0.29) is 18.5 Å². The number of aryl methyl sites for hydroxylation is 1. The second-order valence-corrected chi connectivity index (χ2v) is 7.16. The summed E-state index contributed by atoms with van der Waals surface area (Å²) in [6.07, 6.45) is 7.43. The van der Waals surface area contributed by atoms with Crippen molar-refractivity contribution in [2.45, 2.75) is 52.6 Å². The first-order chi connectivity index (χ1) is 12.6. The number of hydrogen-bond acceptors (Lipinski definition) is 4. The van der Waals surface area contributed by atoms with Gasteiger partial charge < -0.3 is 5.32 Å². The second kappa shape index (κ2) is 8.45. The van der Waals surface area contributed by atoms with Crippen molar-refractivity contribution in [2.24, 2.45) is 0 Å². The summed E-state index contributed by atoms with van der Waals surface area (Å²) >= 11 is 0. The summed E-state index contributed by atoms with van der Waals surface area (Å²) < 4.78 is 1.79. The van der Waals surface area contributed by atoms with Crippen LogP contribution in [-0.2, 0) is 11.3 Å². The highest BCUT2D eigenvalue weighted by molar-refractivity contribution is 5.75. The minimum absolute atomic E-state index is 0.00139. The molecule has 0 saturated carbocycles. The average Bonchev–Trinajstić information content (AvgIpc) is 2.90. The molecule has 0 aliphatic carbocycles. The van der Waals surface area contributed by atoms with Gasteiger partial charge in [-0.25, -0.2) is 0 Å². The lowest BCUT2D eigenvalue weighted by Crippen LogP contribution is -2.41. The van der Waals surface area contributed by atoms with Gasteiger partial charge in [0.15, 0.2) is 0 Å². The molecule has 0 unspecified atom stereocenters. The number of pyridine rings is 1. The van der Waals surface area contributed by atoms with Gasteiger partial charge in [0, 0.05) is 24.6 Å². The number of nitrogens with one attached hydrogen (secondary N) is 1. The van der Waals surface area contributed by atoms with Crippen LogP contribution in [0.5, 0.6) is 0 Å². The minimum Gasteiger partial charge on any atom is -0.353 e. The predicted molar refractivity (Wildman–Crippen MR) is 102 cm³/mol. The Morgan fingerprint density at radius 2 is 2.00 bits per heavy atom.